The summed E-state index contributed by atoms with van der Waals surface area (Å²) >= 11 is 0. The minimum absolute atomic E-state index is 0.313. The maximum atomic E-state index is 10.2. The molecule has 3 rings (SSSR count). The van der Waals surface area contributed by atoms with Crippen molar-refractivity contribution in [3.63, 3.8) is 0 Å². The Morgan fingerprint density at radius 3 is 3.23 bits per heavy atom. The number of hydrogen-bond donors (Lipinski definition) is 1. The van der Waals surface area contributed by atoms with Crippen LogP contribution in [0.25, 0.3) is 0 Å². The largest absolute Gasteiger partial charge is 0.467 e. The van der Waals surface area contributed by atoms with Crippen molar-refractivity contribution in [2.24, 2.45) is 0 Å². The van der Waals surface area contributed by atoms with Crippen molar-refractivity contribution in [1.29, 1.82) is 0 Å². The molecule has 2 atom stereocenters. The molecule has 1 fully saturated rings. The number of likely N-dealkylation sites (tertiary alicyclic amines) is 1. The maximum absolute atomic E-state index is 10.2. The third kappa shape index (κ3) is 4.16. The Labute approximate surface area is 129 Å². The summed E-state index contributed by atoms with van der Waals surface area (Å²) in [6.45, 7) is 3.16. The molecule has 1 saturated heterocycles. The number of nitrogens with zero attached hydrogens (tertiary/aromatic N) is 4. The molecular formula is C15H22N4O3. The highest BCUT2D eigenvalue weighted by atomic mass is 16.5. The highest BCUT2D eigenvalue weighted by molar-refractivity contribution is 4.96. The average Bonchev–Trinajstić information content (AvgIpc) is 3.23. The van der Waals surface area contributed by atoms with E-state index in [1.54, 1.807) is 18.9 Å². The van der Waals surface area contributed by atoms with Crippen LogP contribution in [0.5, 0.6) is 0 Å². The van der Waals surface area contributed by atoms with Gasteiger partial charge in [0.1, 0.15) is 25.0 Å². The smallest absolute Gasteiger partial charge is 0.137 e. The Morgan fingerprint density at radius 1 is 1.50 bits per heavy atom. The first-order valence-corrected chi connectivity index (χ1v) is 7.66. The first-order chi connectivity index (χ1) is 10.8. The lowest BCUT2D eigenvalue weighted by atomic mass is 10.2. The summed E-state index contributed by atoms with van der Waals surface area (Å²) in [6, 6.07) is 4.09. The molecule has 0 unspecified atom stereocenters. The zero-order valence-corrected chi connectivity index (χ0v) is 12.5. The monoisotopic (exact) mass is 306 g/mol. The van der Waals surface area contributed by atoms with E-state index in [-0.39, 0.29) is 0 Å². The summed E-state index contributed by atoms with van der Waals surface area (Å²) in [7, 11) is 0. The van der Waals surface area contributed by atoms with E-state index in [0.29, 0.717) is 25.8 Å². The molecule has 2 aromatic heterocycles. The van der Waals surface area contributed by atoms with Crippen LogP contribution in [-0.4, -0.2) is 56.6 Å². The Kier molecular flexibility index (Phi) is 5.20. The zero-order valence-electron chi connectivity index (χ0n) is 12.5. The van der Waals surface area contributed by atoms with Gasteiger partial charge in [0, 0.05) is 12.6 Å². The highest BCUT2D eigenvalue weighted by Crippen LogP contribution is 2.18. The van der Waals surface area contributed by atoms with Crippen molar-refractivity contribution in [3.8, 4) is 0 Å². The molecule has 1 N–H and O–H groups in total. The van der Waals surface area contributed by atoms with Crippen molar-refractivity contribution in [3.05, 3.63) is 36.8 Å². The first kappa shape index (κ1) is 15.2. The van der Waals surface area contributed by atoms with Crippen LogP contribution >= 0.6 is 0 Å². The van der Waals surface area contributed by atoms with Gasteiger partial charge >= 0.3 is 0 Å². The van der Waals surface area contributed by atoms with Crippen LogP contribution in [0.2, 0.25) is 0 Å². The Bertz CT molecular complexity index is 529. The predicted molar refractivity (Wildman–Crippen MR) is 79.0 cm³/mol. The van der Waals surface area contributed by atoms with Crippen molar-refractivity contribution in [2.75, 3.05) is 19.7 Å². The number of aliphatic hydroxyl groups excluding tert-OH is 1. The molecule has 0 aromatic carbocycles. The van der Waals surface area contributed by atoms with E-state index in [9.17, 15) is 5.11 Å². The average molecular weight is 306 g/mol. The zero-order chi connectivity index (χ0) is 15.2. The van der Waals surface area contributed by atoms with Crippen LogP contribution in [0.4, 0.5) is 0 Å². The molecule has 0 radical (unpaired) electrons. The number of β-amino-alcohol motifs (C(OH)–C–C–N with tert-alkyl or cyclic N) is 1. The molecule has 0 amide bonds. The van der Waals surface area contributed by atoms with Crippen LogP contribution in [-0.2, 0) is 17.9 Å². The fourth-order valence-electron chi connectivity index (χ4n) is 2.90. The van der Waals surface area contributed by atoms with E-state index < -0.39 is 6.10 Å². The number of aromatic nitrogens is 3. The standard InChI is InChI=1S/C15H22N4O3/c20-14(9-21-10-15-4-2-6-22-15)8-18-5-1-3-13(18)7-19-12-16-11-17-19/h2,4,6,11-14,20H,1,3,5,7-10H2/t13-,14-/m0/s1. The topological polar surface area (TPSA) is 76.6 Å². The molecule has 0 spiro atoms. The van der Waals surface area contributed by atoms with E-state index in [1.807, 2.05) is 16.8 Å². The second-order valence-electron chi connectivity index (χ2n) is 5.66. The van der Waals surface area contributed by atoms with Gasteiger partial charge in [-0.1, -0.05) is 0 Å². The number of ether oxygens (including phenoxy) is 1. The van der Waals surface area contributed by atoms with Crippen molar-refractivity contribution in [1.82, 2.24) is 19.7 Å². The second kappa shape index (κ2) is 7.53. The Balaban J connectivity index is 1.40. The minimum Gasteiger partial charge on any atom is -0.467 e. The molecule has 1 aliphatic heterocycles. The molecule has 2 aromatic rings. The summed E-state index contributed by atoms with van der Waals surface area (Å²) in [5, 5.41) is 14.3. The third-order valence-corrected chi connectivity index (χ3v) is 3.94. The number of furan rings is 1. The summed E-state index contributed by atoms with van der Waals surface area (Å²) in [5.74, 6) is 0.775. The van der Waals surface area contributed by atoms with E-state index >= 15 is 0 Å². The van der Waals surface area contributed by atoms with Crippen molar-refractivity contribution < 1.29 is 14.3 Å². The van der Waals surface area contributed by atoms with E-state index in [2.05, 4.69) is 15.0 Å². The van der Waals surface area contributed by atoms with Crippen molar-refractivity contribution >= 4 is 0 Å². The van der Waals surface area contributed by atoms with Gasteiger partial charge < -0.3 is 14.3 Å². The Hall–Kier alpha value is -1.70. The molecule has 3 heterocycles. The van der Waals surface area contributed by atoms with Gasteiger partial charge in [-0.2, -0.15) is 5.10 Å². The summed E-state index contributed by atoms with van der Waals surface area (Å²) < 4.78 is 12.5. The van der Waals surface area contributed by atoms with Gasteiger partial charge in [-0.15, -0.1) is 0 Å². The number of rotatable bonds is 8. The van der Waals surface area contributed by atoms with E-state index in [1.165, 1.54) is 0 Å². The van der Waals surface area contributed by atoms with Gasteiger partial charge in [0.05, 0.1) is 25.5 Å². The fraction of sp³-hybridized carbons (Fsp3) is 0.600. The van der Waals surface area contributed by atoms with Crippen LogP contribution in [0.1, 0.15) is 18.6 Å². The third-order valence-electron chi connectivity index (χ3n) is 3.94. The molecular weight excluding hydrogens is 284 g/mol. The van der Waals surface area contributed by atoms with E-state index in [0.717, 1.165) is 31.7 Å². The van der Waals surface area contributed by atoms with E-state index in [4.69, 9.17) is 9.15 Å². The normalized spacial score (nSPS) is 20.5. The van der Waals surface area contributed by atoms with Gasteiger partial charge in [-0.3, -0.25) is 9.58 Å². The lowest BCUT2D eigenvalue weighted by Gasteiger charge is -2.26. The number of aliphatic hydroxyl groups is 1. The molecule has 22 heavy (non-hydrogen) atoms. The van der Waals surface area contributed by atoms with Crippen LogP contribution < -0.4 is 0 Å². The second-order valence-corrected chi connectivity index (χ2v) is 5.66. The van der Waals surface area contributed by atoms with Gasteiger partial charge in [0.2, 0.25) is 0 Å². The van der Waals surface area contributed by atoms with Crippen LogP contribution in [0.15, 0.2) is 35.5 Å². The lowest BCUT2D eigenvalue weighted by molar-refractivity contribution is 0.00212. The molecule has 7 nitrogen and oxygen atoms in total. The maximum Gasteiger partial charge on any atom is 0.137 e. The minimum atomic E-state index is -0.494. The SMILES string of the molecule is O[C@H](COCc1ccco1)CN1CCC[C@H]1Cn1cncn1. The molecule has 0 saturated carbocycles. The molecule has 1 aliphatic rings. The van der Waals surface area contributed by atoms with Gasteiger partial charge in [-0.25, -0.2) is 4.98 Å². The van der Waals surface area contributed by atoms with Gasteiger partial charge in [0.25, 0.3) is 0 Å². The summed E-state index contributed by atoms with van der Waals surface area (Å²) in [4.78, 5) is 6.28. The summed E-state index contributed by atoms with van der Waals surface area (Å²) in [6.07, 6.45) is 6.69. The molecule has 120 valence electrons. The Morgan fingerprint density at radius 2 is 2.45 bits per heavy atom. The first-order valence-electron chi connectivity index (χ1n) is 7.66. The highest BCUT2D eigenvalue weighted by Gasteiger charge is 2.26. The molecule has 0 bridgehead atoms. The molecule has 0 aliphatic carbocycles. The summed E-state index contributed by atoms with van der Waals surface area (Å²) in [5.41, 5.74) is 0. The quantitative estimate of drug-likeness (QED) is 0.781. The fourth-order valence-corrected chi connectivity index (χ4v) is 2.90. The number of hydrogen-bond acceptors (Lipinski definition) is 6. The van der Waals surface area contributed by atoms with Gasteiger partial charge in [-0.05, 0) is 31.5 Å². The predicted octanol–water partition coefficient (Wildman–Crippen LogP) is 0.913. The van der Waals surface area contributed by atoms with Crippen LogP contribution in [0.3, 0.4) is 0 Å². The lowest BCUT2D eigenvalue weighted by Crippen LogP contribution is -2.40. The van der Waals surface area contributed by atoms with Crippen LogP contribution in [0, 0.1) is 0 Å². The van der Waals surface area contributed by atoms with Crippen molar-refractivity contribution in [2.45, 2.75) is 38.1 Å². The molecule has 7 heteroatoms. The van der Waals surface area contributed by atoms with Gasteiger partial charge in [0.15, 0.2) is 0 Å².